The molecule has 3 nitrogen and oxygen atoms in total. The van der Waals surface area contributed by atoms with Gasteiger partial charge >= 0.3 is 0 Å². The molecular formula is C13H18FNO2S. The molecule has 0 saturated carbocycles. The van der Waals surface area contributed by atoms with Crippen molar-refractivity contribution in [2.45, 2.75) is 19.4 Å². The molecule has 0 spiro atoms. The number of halogens is 1. The van der Waals surface area contributed by atoms with Gasteiger partial charge in [-0.1, -0.05) is 19.1 Å². The van der Waals surface area contributed by atoms with Gasteiger partial charge in [-0.25, -0.2) is 12.8 Å². The van der Waals surface area contributed by atoms with E-state index in [-0.39, 0.29) is 29.3 Å². The first-order chi connectivity index (χ1) is 8.52. The molecule has 1 aliphatic heterocycles. The summed E-state index contributed by atoms with van der Waals surface area (Å²) < 4.78 is 36.0. The third-order valence-corrected chi connectivity index (χ3v) is 5.19. The van der Waals surface area contributed by atoms with E-state index in [1.165, 1.54) is 12.1 Å². The van der Waals surface area contributed by atoms with E-state index in [0.717, 1.165) is 12.1 Å². The van der Waals surface area contributed by atoms with Crippen LogP contribution in [0.2, 0.25) is 0 Å². The van der Waals surface area contributed by atoms with Gasteiger partial charge in [0.2, 0.25) is 0 Å². The van der Waals surface area contributed by atoms with E-state index in [1.807, 2.05) is 6.92 Å². The van der Waals surface area contributed by atoms with Gasteiger partial charge in [-0.15, -0.1) is 0 Å². The van der Waals surface area contributed by atoms with Gasteiger partial charge in [0, 0.05) is 6.04 Å². The van der Waals surface area contributed by atoms with Crippen molar-refractivity contribution in [1.82, 2.24) is 5.32 Å². The molecule has 18 heavy (non-hydrogen) atoms. The average Bonchev–Trinajstić information content (AvgIpc) is 2.68. The smallest absolute Gasteiger partial charge is 0.150 e. The lowest BCUT2D eigenvalue weighted by Gasteiger charge is -2.24. The molecule has 2 atom stereocenters. The largest absolute Gasteiger partial charge is 0.310 e. The molecule has 5 heteroatoms. The van der Waals surface area contributed by atoms with Gasteiger partial charge in [-0.3, -0.25) is 0 Å². The summed E-state index contributed by atoms with van der Waals surface area (Å²) in [4.78, 5) is 0. The third-order valence-electron chi connectivity index (χ3n) is 3.39. The summed E-state index contributed by atoms with van der Waals surface area (Å²) in [5.74, 6) is 0.302. The number of nitrogens with one attached hydrogen (secondary N) is 1. The van der Waals surface area contributed by atoms with E-state index in [9.17, 15) is 12.8 Å². The highest BCUT2D eigenvalue weighted by Crippen LogP contribution is 2.31. The Bertz CT molecular complexity index is 498. The van der Waals surface area contributed by atoms with Gasteiger partial charge in [0.05, 0.1) is 11.5 Å². The van der Waals surface area contributed by atoms with Crippen LogP contribution in [0.4, 0.5) is 4.39 Å². The molecule has 100 valence electrons. The summed E-state index contributed by atoms with van der Waals surface area (Å²) in [6, 6.07) is 6.29. The lowest BCUT2D eigenvalue weighted by Crippen LogP contribution is -2.29. The highest BCUT2D eigenvalue weighted by atomic mass is 32.2. The third kappa shape index (κ3) is 3.09. The van der Waals surface area contributed by atoms with Crippen LogP contribution in [0.15, 0.2) is 24.3 Å². The predicted molar refractivity (Wildman–Crippen MR) is 69.6 cm³/mol. The zero-order chi connectivity index (χ0) is 13.2. The minimum atomic E-state index is -2.89. The second kappa shape index (κ2) is 5.36. The summed E-state index contributed by atoms with van der Waals surface area (Å²) in [6.07, 6.45) is 0.678. The summed E-state index contributed by atoms with van der Waals surface area (Å²) in [6.45, 7) is 2.75. The van der Waals surface area contributed by atoms with Crippen molar-refractivity contribution in [3.8, 4) is 0 Å². The average molecular weight is 271 g/mol. The lowest BCUT2D eigenvalue weighted by molar-refractivity contribution is 0.400. The highest BCUT2D eigenvalue weighted by Gasteiger charge is 2.33. The van der Waals surface area contributed by atoms with Gasteiger partial charge in [0.25, 0.3) is 0 Å². The summed E-state index contributed by atoms with van der Waals surface area (Å²) in [7, 11) is -2.89. The van der Waals surface area contributed by atoms with Gasteiger partial charge in [-0.2, -0.15) is 0 Å². The molecule has 1 aromatic carbocycles. The quantitative estimate of drug-likeness (QED) is 0.910. The zero-order valence-corrected chi connectivity index (χ0v) is 11.2. The second-order valence-corrected chi connectivity index (χ2v) is 6.98. The molecule has 1 heterocycles. The van der Waals surface area contributed by atoms with Crippen LogP contribution in [0.5, 0.6) is 0 Å². The summed E-state index contributed by atoms with van der Waals surface area (Å²) in [5.41, 5.74) is 0.959. The zero-order valence-electron chi connectivity index (χ0n) is 10.4. The van der Waals surface area contributed by atoms with Crippen LogP contribution in [0.25, 0.3) is 0 Å². The monoisotopic (exact) mass is 271 g/mol. The molecule has 0 radical (unpaired) electrons. The minimum absolute atomic E-state index is 0.00660. The molecule has 1 aliphatic rings. The fourth-order valence-corrected chi connectivity index (χ4v) is 4.37. The van der Waals surface area contributed by atoms with E-state index in [4.69, 9.17) is 0 Å². The maximum atomic E-state index is 12.9. The number of rotatable bonds is 4. The number of hydrogen-bond acceptors (Lipinski definition) is 3. The fraction of sp³-hybridized carbons (Fsp3) is 0.538. The van der Waals surface area contributed by atoms with E-state index in [1.54, 1.807) is 12.1 Å². The Morgan fingerprint density at radius 2 is 2.06 bits per heavy atom. The number of benzene rings is 1. The Balaban J connectivity index is 2.21. The second-order valence-electron chi connectivity index (χ2n) is 4.75. The van der Waals surface area contributed by atoms with Crippen LogP contribution in [-0.2, 0) is 9.84 Å². The molecule has 1 N–H and O–H groups in total. The lowest BCUT2D eigenvalue weighted by atomic mass is 9.92. The molecular weight excluding hydrogens is 253 g/mol. The Morgan fingerprint density at radius 1 is 1.39 bits per heavy atom. The van der Waals surface area contributed by atoms with Crippen molar-refractivity contribution < 1.29 is 12.8 Å². The number of sulfone groups is 1. The van der Waals surface area contributed by atoms with E-state index in [2.05, 4.69) is 5.32 Å². The Kier molecular flexibility index (Phi) is 4.02. The summed E-state index contributed by atoms with van der Waals surface area (Å²) in [5, 5.41) is 3.31. The standard InChI is InChI=1S/C13H18FNO2S/c1-2-15-13(10-3-5-12(14)6-4-10)11-7-8-18(16,17)9-11/h3-6,11,13,15H,2,7-9H2,1H3. The first-order valence-electron chi connectivity index (χ1n) is 6.21. The van der Waals surface area contributed by atoms with Crippen LogP contribution in [0.1, 0.15) is 24.9 Å². The highest BCUT2D eigenvalue weighted by molar-refractivity contribution is 7.91. The molecule has 0 aromatic heterocycles. The van der Waals surface area contributed by atoms with Crippen LogP contribution in [-0.4, -0.2) is 26.5 Å². The first kappa shape index (κ1) is 13.5. The molecule has 2 unspecified atom stereocenters. The van der Waals surface area contributed by atoms with Crippen LogP contribution >= 0.6 is 0 Å². The normalized spacial score (nSPS) is 24.0. The van der Waals surface area contributed by atoms with Crippen LogP contribution < -0.4 is 5.32 Å². The molecule has 2 rings (SSSR count). The maximum Gasteiger partial charge on any atom is 0.150 e. The Labute approximate surface area is 107 Å². The maximum absolute atomic E-state index is 12.9. The molecule has 0 bridgehead atoms. The van der Waals surface area contributed by atoms with Gasteiger partial charge in [0.1, 0.15) is 5.82 Å². The van der Waals surface area contributed by atoms with Gasteiger partial charge in [0.15, 0.2) is 9.84 Å². The van der Waals surface area contributed by atoms with Crippen molar-refractivity contribution in [2.24, 2.45) is 5.92 Å². The molecule has 1 aromatic rings. The Hall–Kier alpha value is -0.940. The van der Waals surface area contributed by atoms with E-state index in [0.29, 0.717) is 6.42 Å². The predicted octanol–water partition coefficient (Wildman–Crippen LogP) is 1.91. The van der Waals surface area contributed by atoms with Crippen molar-refractivity contribution >= 4 is 9.84 Å². The van der Waals surface area contributed by atoms with Crippen LogP contribution in [0.3, 0.4) is 0 Å². The van der Waals surface area contributed by atoms with Gasteiger partial charge < -0.3 is 5.32 Å². The van der Waals surface area contributed by atoms with Crippen molar-refractivity contribution in [2.75, 3.05) is 18.1 Å². The van der Waals surface area contributed by atoms with Gasteiger partial charge in [-0.05, 0) is 36.6 Å². The molecule has 1 fully saturated rings. The SMILES string of the molecule is CCNC(c1ccc(F)cc1)C1CCS(=O)(=O)C1. The van der Waals surface area contributed by atoms with E-state index >= 15 is 0 Å². The molecule has 0 aliphatic carbocycles. The Morgan fingerprint density at radius 3 is 2.56 bits per heavy atom. The topological polar surface area (TPSA) is 46.2 Å². The van der Waals surface area contributed by atoms with E-state index < -0.39 is 9.84 Å². The van der Waals surface area contributed by atoms with Crippen molar-refractivity contribution in [3.63, 3.8) is 0 Å². The molecule has 0 amide bonds. The van der Waals surface area contributed by atoms with Crippen molar-refractivity contribution in [1.29, 1.82) is 0 Å². The number of hydrogen-bond donors (Lipinski definition) is 1. The minimum Gasteiger partial charge on any atom is -0.310 e. The first-order valence-corrected chi connectivity index (χ1v) is 8.03. The molecule has 1 saturated heterocycles. The summed E-state index contributed by atoms with van der Waals surface area (Å²) >= 11 is 0. The fourth-order valence-electron chi connectivity index (χ4n) is 2.53. The van der Waals surface area contributed by atoms with Crippen molar-refractivity contribution in [3.05, 3.63) is 35.6 Å². The van der Waals surface area contributed by atoms with Crippen LogP contribution in [0, 0.1) is 11.7 Å².